The number of nitrogens with zero attached hydrogens (tertiary/aromatic N) is 2. The summed E-state index contributed by atoms with van der Waals surface area (Å²) in [6.45, 7) is 8.27. The normalized spacial score (nSPS) is 18.8. The van der Waals surface area contributed by atoms with E-state index in [1.807, 2.05) is 54.6 Å². The van der Waals surface area contributed by atoms with Gasteiger partial charge in [-0.15, -0.1) is 0 Å². The summed E-state index contributed by atoms with van der Waals surface area (Å²) in [6.07, 6.45) is -1.66. The van der Waals surface area contributed by atoms with Gasteiger partial charge in [-0.2, -0.15) is 0 Å². The lowest BCUT2D eigenvalue weighted by molar-refractivity contribution is -0.139. The average Bonchev–Trinajstić information content (AvgIpc) is 3.64. The van der Waals surface area contributed by atoms with Crippen LogP contribution in [0.1, 0.15) is 50.3 Å². The molecule has 2 saturated heterocycles. The molecule has 6 rings (SSSR count). The zero-order chi connectivity index (χ0) is 35.6. The van der Waals surface area contributed by atoms with Crippen molar-refractivity contribution in [3.8, 4) is 11.1 Å². The predicted octanol–water partition coefficient (Wildman–Crippen LogP) is 4.94. The Kier molecular flexibility index (Phi) is 9.89. The first kappa shape index (κ1) is 34.9. The molecule has 3 aliphatic rings. The maximum Gasteiger partial charge on any atom is 0.410 e. The van der Waals surface area contributed by atoms with Gasteiger partial charge in [0.1, 0.15) is 18.2 Å². The molecule has 3 aromatic rings. The van der Waals surface area contributed by atoms with Gasteiger partial charge in [0.05, 0.1) is 18.6 Å². The number of benzene rings is 3. The van der Waals surface area contributed by atoms with Crippen molar-refractivity contribution in [3.63, 3.8) is 0 Å². The number of likely N-dealkylation sites (tertiary alicyclic amines) is 2. The molecule has 2 heterocycles. The number of likely N-dealkylation sites (N-methyl/N-ethyl adjacent to an activating group) is 1. The number of carbonyl (C=O) groups is 4. The van der Waals surface area contributed by atoms with E-state index in [1.165, 1.54) is 7.05 Å². The highest BCUT2D eigenvalue weighted by atomic mass is 16.6. The van der Waals surface area contributed by atoms with Gasteiger partial charge in [-0.3, -0.25) is 9.59 Å². The number of amides is 4. The molecule has 2 aliphatic heterocycles. The Bertz CT molecular complexity index is 1690. The number of nitrogens with one attached hydrogen (secondary N) is 2. The molecule has 11 heteroatoms. The zero-order valence-electron chi connectivity index (χ0n) is 29.3. The van der Waals surface area contributed by atoms with E-state index in [2.05, 4.69) is 34.9 Å². The lowest BCUT2D eigenvalue weighted by atomic mass is 9.71. The van der Waals surface area contributed by atoms with Crippen LogP contribution in [0.15, 0.2) is 78.9 Å². The lowest BCUT2D eigenvalue weighted by Gasteiger charge is -2.50. The van der Waals surface area contributed by atoms with E-state index in [0.717, 1.165) is 27.8 Å². The quantitative estimate of drug-likeness (QED) is 0.328. The molecule has 0 unspecified atom stereocenters. The van der Waals surface area contributed by atoms with Crippen molar-refractivity contribution in [2.45, 2.75) is 58.0 Å². The monoisotopic (exact) mass is 682 g/mol. The van der Waals surface area contributed by atoms with E-state index in [9.17, 15) is 19.2 Å². The standard InChI is InChI=1S/C39H46N4O7/c1-25(48-20-26-13-7-6-8-14-26)33(35(45)40-5)41-34(44)32-19-42(22-39(32)23-43(24-39)37(47)50-38(2,3)4)36(46)49-21-31-29-17-11-9-15-27(29)28-16-10-12-18-30(28)31/h6-18,25,31-33H,19-24H2,1-5H3,(H,40,45)(H,41,44)/t25-,32+,33+/m1/s1. The van der Waals surface area contributed by atoms with E-state index < -0.39 is 53.1 Å². The Morgan fingerprint density at radius 3 is 2.02 bits per heavy atom. The van der Waals surface area contributed by atoms with Gasteiger partial charge in [0.2, 0.25) is 11.8 Å². The summed E-state index contributed by atoms with van der Waals surface area (Å²) in [5, 5.41) is 5.55. The first-order valence-electron chi connectivity index (χ1n) is 17.1. The molecule has 0 aromatic heterocycles. The first-order chi connectivity index (χ1) is 23.9. The minimum Gasteiger partial charge on any atom is -0.448 e. The van der Waals surface area contributed by atoms with Gasteiger partial charge >= 0.3 is 12.2 Å². The van der Waals surface area contributed by atoms with E-state index in [-0.39, 0.29) is 45.3 Å². The largest absolute Gasteiger partial charge is 0.448 e. The fourth-order valence-electron chi connectivity index (χ4n) is 7.35. The molecule has 0 radical (unpaired) electrons. The van der Waals surface area contributed by atoms with Gasteiger partial charge in [-0.25, -0.2) is 9.59 Å². The topological polar surface area (TPSA) is 127 Å². The number of carbonyl (C=O) groups excluding carboxylic acids is 4. The minimum absolute atomic E-state index is 0.0738. The molecule has 1 spiro atoms. The van der Waals surface area contributed by atoms with Crippen LogP contribution in [0.25, 0.3) is 11.1 Å². The van der Waals surface area contributed by atoms with Crippen LogP contribution in [0.4, 0.5) is 9.59 Å². The van der Waals surface area contributed by atoms with Gasteiger partial charge in [0, 0.05) is 44.6 Å². The van der Waals surface area contributed by atoms with E-state index in [1.54, 1.807) is 37.5 Å². The molecular weight excluding hydrogens is 636 g/mol. The Labute approximate surface area is 293 Å². The van der Waals surface area contributed by atoms with Gasteiger partial charge < -0.3 is 34.6 Å². The van der Waals surface area contributed by atoms with Crippen LogP contribution in [-0.4, -0.2) is 91.4 Å². The van der Waals surface area contributed by atoms with Crippen molar-refractivity contribution >= 4 is 24.0 Å². The Morgan fingerprint density at radius 2 is 1.42 bits per heavy atom. The van der Waals surface area contributed by atoms with Crippen LogP contribution in [0.2, 0.25) is 0 Å². The summed E-state index contributed by atoms with van der Waals surface area (Å²) in [5.74, 6) is -1.62. The molecule has 2 N–H and O–H groups in total. The average molecular weight is 683 g/mol. The SMILES string of the molecule is CNC(=O)[C@@H](NC(=O)[C@@H]1CN(C(=O)OCC2c3ccccc3-c3ccccc32)CC12CN(C(=O)OC(C)(C)C)C2)[C@@H](C)OCc1ccccc1. The smallest absolute Gasteiger partial charge is 0.410 e. The van der Waals surface area contributed by atoms with Crippen LogP contribution in [0, 0.1) is 11.3 Å². The van der Waals surface area contributed by atoms with Crippen LogP contribution in [0.5, 0.6) is 0 Å². The van der Waals surface area contributed by atoms with Crippen LogP contribution < -0.4 is 10.6 Å². The second kappa shape index (κ2) is 14.1. The summed E-state index contributed by atoms with van der Waals surface area (Å²) >= 11 is 0. The summed E-state index contributed by atoms with van der Waals surface area (Å²) < 4.78 is 17.6. The molecule has 3 atom stereocenters. The fraction of sp³-hybridized carbons (Fsp3) is 0.436. The molecule has 264 valence electrons. The summed E-state index contributed by atoms with van der Waals surface area (Å²) in [7, 11) is 1.51. The lowest BCUT2D eigenvalue weighted by Crippen LogP contribution is -2.65. The minimum atomic E-state index is -0.987. The Balaban J connectivity index is 1.17. The maximum atomic E-state index is 14.1. The first-order valence-corrected chi connectivity index (χ1v) is 17.1. The van der Waals surface area contributed by atoms with Crippen molar-refractivity contribution in [2.24, 2.45) is 11.3 Å². The highest BCUT2D eigenvalue weighted by molar-refractivity contribution is 5.90. The highest BCUT2D eigenvalue weighted by Gasteiger charge is 2.60. The molecule has 2 fully saturated rings. The summed E-state index contributed by atoms with van der Waals surface area (Å²) in [5.41, 5.74) is 3.98. The Morgan fingerprint density at radius 1 is 0.840 bits per heavy atom. The molecule has 0 saturated carbocycles. The van der Waals surface area contributed by atoms with E-state index in [4.69, 9.17) is 14.2 Å². The summed E-state index contributed by atoms with van der Waals surface area (Å²) in [4.78, 5) is 56.9. The van der Waals surface area contributed by atoms with Crippen LogP contribution in [0.3, 0.4) is 0 Å². The number of hydrogen-bond acceptors (Lipinski definition) is 7. The number of fused-ring (bicyclic) bond motifs is 3. The van der Waals surface area contributed by atoms with Gasteiger partial charge in [0.15, 0.2) is 0 Å². The second-order valence-corrected chi connectivity index (χ2v) is 14.5. The maximum absolute atomic E-state index is 14.1. The van der Waals surface area contributed by atoms with Crippen molar-refractivity contribution in [2.75, 3.05) is 39.8 Å². The summed E-state index contributed by atoms with van der Waals surface area (Å²) in [6, 6.07) is 24.8. The van der Waals surface area contributed by atoms with Gasteiger partial charge in [-0.1, -0.05) is 78.9 Å². The molecule has 3 aromatic carbocycles. The second-order valence-electron chi connectivity index (χ2n) is 14.5. The van der Waals surface area contributed by atoms with Gasteiger partial charge in [-0.05, 0) is 55.5 Å². The van der Waals surface area contributed by atoms with Crippen molar-refractivity contribution in [3.05, 3.63) is 95.6 Å². The third-order valence-electron chi connectivity index (χ3n) is 9.87. The fourth-order valence-corrected chi connectivity index (χ4v) is 7.35. The number of rotatable bonds is 9. The molecule has 0 bridgehead atoms. The number of hydrogen-bond donors (Lipinski definition) is 2. The van der Waals surface area contributed by atoms with Gasteiger partial charge in [0.25, 0.3) is 0 Å². The van der Waals surface area contributed by atoms with Crippen LogP contribution in [-0.2, 0) is 30.4 Å². The molecule has 11 nitrogen and oxygen atoms in total. The Hall–Kier alpha value is -4.90. The third kappa shape index (κ3) is 7.19. The molecule has 1 aliphatic carbocycles. The van der Waals surface area contributed by atoms with Crippen molar-refractivity contribution in [1.29, 1.82) is 0 Å². The highest BCUT2D eigenvalue weighted by Crippen LogP contribution is 2.46. The number of ether oxygens (including phenoxy) is 3. The predicted molar refractivity (Wildman–Crippen MR) is 187 cm³/mol. The molecule has 4 amide bonds. The third-order valence-corrected chi connectivity index (χ3v) is 9.87. The van der Waals surface area contributed by atoms with E-state index >= 15 is 0 Å². The van der Waals surface area contributed by atoms with Crippen LogP contribution >= 0.6 is 0 Å². The molecular formula is C39H46N4O7. The molecule has 50 heavy (non-hydrogen) atoms. The van der Waals surface area contributed by atoms with Crippen molar-refractivity contribution < 1.29 is 33.4 Å². The van der Waals surface area contributed by atoms with E-state index in [0.29, 0.717) is 0 Å². The van der Waals surface area contributed by atoms with Crippen molar-refractivity contribution in [1.82, 2.24) is 20.4 Å². The zero-order valence-corrected chi connectivity index (χ0v) is 29.3.